The average Bonchev–Trinajstić information content (AvgIpc) is 3.02. The van der Waals surface area contributed by atoms with Crippen LogP contribution in [0.3, 0.4) is 0 Å². The van der Waals surface area contributed by atoms with Gasteiger partial charge in [0.25, 0.3) is 11.8 Å². The quantitative estimate of drug-likeness (QED) is 0.419. The molecule has 0 spiro atoms. The fraction of sp³-hybridized carbons (Fsp3) is 0.261. The number of methoxy groups -OCH3 is 1. The van der Waals surface area contributed by atoms with Gasteiger partial charge in [-0.3, -0.25) is 14.5 Å². The first-order chi connectivity index (χ1) is 15.3. The monoisotopic (exact) mass is 501 g/mol. The normalized spacial score (nSPS) is 14.5. The molecule has 3 rings (SSSR count). The van der Waals surface area contributed by atoms with Crippen LogP contribution < -0.4 is 20.1 Å². The Balaban J connectivity index is 1.72. The first-order valence-corrected chi connectivity index (χ1v) is 10.8. The SMILES string of the molecule is CCCN1C(=O)N/C(=C/c2cc(Br)c(OCC(=O)Nc3ccc(C)cc3)c(OC)c2)C1=O. The van der Waals surface area contributed by atoms with Crippen molar-refractivity contribution in [2.45, 2.75) is 20.3 Å². The van der Waals surface area contributed by atoms with Gasteiger partial charge in [0.05, 0.1) is 11.6 Å². The van der Waals surface area contributed by atoms with Crippen molar-refractivity contribution in [2.75, 3.05) is 25.6 Å². The van der Waals surface area contributed by atoms with Crippen molar-refractivity contribution >= 4 is 45.5 Å². The van der Waals surface area contributed by atoms with Gasteiger partial charge in [0.2, 0.25) is 0 Å². The van der Waals surface area contributed by atoms with Crippen LogP contribution in [0.2, 0.25) is 0 Å². The highest BCUT2D eigenvalue weighted by Gasteiger charge is 2.32. The minimum Gasteiger partial charge on any atom is -0.493 e. The lowest BCUT2D eigenvalue weighted by molar-refractivity contribution is -0.123. The lowest BCUT2D eigenvalue weighted by Gasteiger charge is -2.14. The molecule has 4 amide bonds. The van der Waals surface area contributed by atoms with Crippen LogP contribution in [0.4, 0.5) is 10.5 Å². The fourth-order valence-corrected chi connectivity index (χ4v) is 3.67. The maximum Gasteiger partial charge on any atom is 0.329 e. The summed E-state index contributed by atoms with van der Waals surface area (Å²) in [5.41, 5.74) is 2.58. The summed E-state index contributed by atoms with van der Waals surface area (Å²) in [5, 5.41) is 5.35. The summed E-state index contributed by atoms with van der Waals surface area (Å²) >= 11 is 3.43. The Morgan fingerprint density at radius 3 is 2.59 bits per heavy atom. The second-order valence-corrected chi connectivity index (χ2v) is 8.04. The summed E-state index contributed by atoms with van der Waals surface area (Å²) in [4.78, 5) is 37.8. The van der Waals surface area contributed by atoms with Gasteiger partial charge >= 0.3 is 6.03 Å². The molecular formula is C23H24BrN3O5. The molecule has 0 aliphatic carbocycles. The van der Waals surface area contributed by atoms with Gasteiger partial charge in [-0.15, -0.1) is 0 Å². The van der Waals surface area contributed by atoms with Crippen LogP contribution in [0.1, 0.15) is 24.5 Å². The number of aryl methyl sites for hydroxylation is 1. The van der Waals surface area contributed by atoms with Crippen molar-refractivity contribution in [1.29, 1.82) is 0 Å². The molecule has 1 saturated heterocycles. The molecule has 1 fully saturated rings. The van der Waals surface area contributed by atoms with E-state index in [1.165, 1.54) is 12.0 Å². The van der Waals surface area contributed by atoms with Gasteiger partial charge < -0.3 is 20.1 Å². The number of anilines is 1. The summed E-state index contributed by atoms with van der Waals surface area (Å²) in [6.45, 7) is 4.00. The van der Waals surface area contributed by atoms with Crippen molar-refractivity contribution in [3.63, 3.8) is 0 Å². The number of carbonyl (C=O) groups is 3. The van der Waals surface area contributed by atoms with Crippen LogP contribution in [0, 0.1) is 6.92 Å². The minimum atomic E-state index is -0.436. The van der Waals surface area contributed by atoms with E-state index in [9.17, 15) is 14.4 Å². The molecule has 1 aliphatic heterocycles. The van der Waals surface area contributed by atoms with Crippen LogP contribution in [-0.2, 0) is 9.59 Å². The maximum absolute atomic E-state index is 12.4. The number of urea groups is 1. The lowest BCUT2D eigenvalue weighted by atomic mass is 10.1. The number of halogens is 1. The summed E-state index contributed by atoms with van der Waals surface area (Å²) in [5.74, 6) is 0.0315. The van der Waals surface area contributed by atoms with E-state index in [0.717, 1.165) is 5.56 Å². The molecule has 2 aromatic rings. The smallest absolute Gasteiger partial charge is 0.329 e. The first-order valence-electron chi connectivity index (χ1n) is 10.0. The maximum atomic E-state index is 12.4. The van der Waals surface area contributed by atoms with Crippen LogP contribution in [0.5, 0.6) is 11.5 Å². The Morgan fingerprint density at radius 2 is 1.94 bits per heavy atom. The highest BCUT2D eigenvalue weighted by atomic mass is 79.9. The number of ether oxygens (including phenoxy) is 2. The number of carbonyl (C=O) groups excluding carboxylic acids is 3. The van der Waals surface area contributed by atoms with E-state index in [4.69, 9.17) is 9.47 Å². The second kappa shape index (κ2) is 10.3. The molecule has 0 radical (unpaired) electrons. The Hall–Kier alpha value is -3.33. The standard InChI is InChI=1S/C23H24BrN3O5/c1-4-9-27-22(29)18(26-23(27)30)11-15-10-17(24)21(19(12-15)31-3)32-13-20(28)25-16-7-5-14(2)6-8-16/h5-8,10-12H,4,9,13H2,1-3H3,(H,25,28)(H,26,30)/b18-11+. The fourth-order valence-electron chi connectivity index (χ4n) is 3.10. The predicted octanol–water partition coefficient (Wildman–Crippen LogP) is 4.09. The number of hydrogen-bond donors (Lipinski definition) is 2. The zero-order chi connectivity index (χ0) is 23.3. The number of benzene rings is 2. The molecule has 168 valence electrons. The van der Waals surface area contributed by atoms with E-state index in [1.54, 1.807) is 18.2 Å². The average molecular weight is 502 g/mol. The number of nitrogens with zero attached hydrogens (tertiary/aromatic N) is 1. The molecule has 9 heteroatoms. The molecule has 0 aromatic heterocycles. The third kappa shape index (κ3) is 5.47. The summed E-state index contributed by atoms with van der Waals surface area (Å²) < 4.78 is 11.6. The van der Waals surface area contributed by atoms with Gasteiger partial charge in [0.1, 0.15) is 5.70 Å². The van der Waals surface area contributed by atoms with Gasteiger partial charge in [-0.1, -0.05) is 24.6 Å². The van der Waals surface area contributed by atoms with Crippen LogP contribution >= 0.6 is 15.9 Å². The van der Waals surface area contributed by atoms with E-state index >= 15 is 0 Å². The van der Waals surface area contributed by atoms with Gasteiger partial charge in [0.15, 0.2) is 18.1 Å². The molecular weight excluding hydrogens is 478 g/mol. The largest absolute Gasteiger partial charge is 0.493 e. The van der Waals surface area contributed by atoms with Gasteiger partial charge in [-0.25, -0.2) is 4.79 Å². The van der Waals surface area contributed by atoms with Crippen molar-refractivity contribution < 1.29 is 23.9 Å². The van der Waals surface area contributed by atoms with Gasteiger partial charge in [-0.2, -0.15) is 0 Å². The minimum absolute atomic E-state index is 0.184. The molecule has 2 aromatic carbocycles. The molecule has 8 nitrogen and oxygen atoms in total. The summed E-state index contributed by atoms with van der Waals surface area (Å²) in [6.07, 6.45) is 2.24. The van der Waals surface area contributed by atoms with E-state index in [1.807, 2.05) is 38.1 Å². The van der Waals surface area contributed by atoms with Crippen molar-refractivity contribution in [3.05, 3.63) is 57.7 Å². The van der Waals surface area contributed by atoms with Crippen LogP contribution in [-0.4, -0.2) is 43.0 Å². The summed E-state index contributed by atoms with van der Waals surface area (Å²) in [6, 6.07) is 10.4. The predicted molar refractivity (Wildman–Crippen MR) is 125 cm³/mol. The van der Waals surface area contributed by atoms with E-state index in [-0.39, 0.29) is 24.1 Å². The third-order valence-electron chi connectivity index (χ3n) is 4.66. The Morgan fingerprint density at radius 1 is 1.22 bits per heavy atom. The molecule has 0 atom stereocenters. The number of nitrogens with one attached hydrogen (secondary N) is 2. The second-order valence-electron chi connectivity index (χ2n) is 7.18. The molecule has 0 unspecified atom stereocenters. The molecule has 2 N–H and O–H groups in total. The molecule has 1 aliphatic rings. The zero-order valence-corrected chi connectivity index (χ0v) is 19.6. The highest BCUT2D eigenvalue weighted by Crippen LogP contribution is 2.37. The van der Waals surface area contributed by atoms with Gasteiger partial charge in [-0.05, 0) is 65.2 Å². The van der Waals surface area contributed by atoms with Crippen LogP contribution in [0.15, 0.2) is 46.6 Å². The molecule has 32 heavy (non-hydrogen) atoms. The number of rotatable bonds is 8. The first kappa shape index (κ1) is 23.3. The highest BCUT2D eigenvalue weighted by molar-refractivity contribution is 9.10. The Bertz CT molecular complexity index is 1070. The molecule has 0 bridgehead atoms. The van der Waals surface area contributed by atoms with E-state index in [0.29, 0.717) is 40.2 Å². The topological polar surface area (TPSA) is 97.0 Å². The van der Waals surface area contributed by atoms with Crippen molar-refractivity contribution in [2.24, 2.45) is 0 Å². The van der Waals surface area contributed by atoms with Crippen LogP contribution in [0.25, 0.3) is 6.08 Å². The third-order valence-corrected chi connectivity index (χ3v) is 5.24. The van der Waals surface area contributed by atoms with Crippen molar-refractivity contribution in [1.82, 2.24) is 10.2 Å². The van der Waals surface area contributed by atoms with E-state index in [2.05, 4.69) is 26.6 Å². The summed E-state index contributed by atoms with van der Waals surface area (Å²) in [7, 11) is 1.48. The molecule has 1 heterocycles. The zero-order valence-electron chi connectivity index (χ0n) is 18.0. The van der Waals surface area contributed by atoms with Gasteiger partial charge in [0, 0.05) is 12.2 Å². The Labute approximate surface area is 194 Å². The van der Waals surface area contributed by atoms with E-state index < -0.39 is 6.03 Å². The number of amides is 4. The lowest BCUT2D eigenvalue weighted by Crippen LogP contribution is -2.31. The van der Waals surface area contributed by atoms with Crippen molar-refractivity contribution in [3.8, 4) is 11.5 Å². The number of hydrogen-bond acceptors (Lipinski definition) is 5. The molecule has 0 saturated carbocycles. The Kier molecular flexibility index (Phi) is 7.53. The number of imide groups is 1.